The molecule has 0 aliphatic carbocycles. The standard InChI is InChI=1S/C17H18N2O6S/c1-22-8-14(20)18-11-4-3-10(23-2)7-12(11)19-17(21)16-15-13(9-26-16)24-5-6-25-15/h3-4,7,9H,5-6,8H2,1-2H3,(H,18,20)(H,19,21). The van der Waals surface area contributed by atoms with Gasteiger partial charge in [-0.25, -0.2) is 0 Å². The van der Waals surface area contributed by atoms with Gasteiger partial charge in [-0.15, -0.1) is 11.3 Å². The fourth-order valence-electron chi connectivity index (χ4n) is 2.38. The number of ether oxygens (including phenoxy) is 4. The first-order chi connectivity index (χ1) is 12.6. The van der Waals surface area contributed by atoms with E-state index < -0.39 is 0 Å². The minimum Gasteiger partial charge on any atom is -0.497 e. The third-order valence-electron chi connectivity index (χ3n) is 3.53. The molecule has 1 aliphatic heterocycles. The van der Waals surface area contributed by atoms with E-state index in [1.54, 1.807) is 23.6 Å². The SMILES string of the molecule is COCC(=O)Nc1ccc(OC)cc1NC(=O)c1scc2c1OCCO2. The zero-order valence-corrected chi connectivity index (χ0v) is 15.1. The number of anilines is 2. The second-order valence-corrected chi connectivity index (χ2v) is 6.18. The van der Waals surface area contributed by atoms with Crippen LogP contribution in [-0.2, 0) is 9.53 Å². The van der Waals surface area contributed by atoms with E-state index in [0.717, 1.165) is 0 Å². The van der Waals surface area contributed by atoms with Crippen molar-refractivity contribution in [3.8, 4) is 17.2 Å². The van der Waals surface area contributed by atoms with Crippen LogP contribution in [-0.4, -0.2) is 45.9 Å². The Bertz CT molecular complexity index is 820. The predicted octanol–water partition coefficient (Wildman–Crippen LogP) is 2.37. The number of hydrogen-bond acceptors (Lipinski definition) is 7. The van der Waals surface area contributed by atoms with Crippen LogP contribution in [0.5, 0.6) is 17.2 Å². The van der Waals surface area contributed by atoms with Crippen LogP contribution >= 0.6 is 11.3 Å². The lowest BCUT2D eigenvalue weighted by atomic mass is 10.2. The van der Waals surface area contributed by atoms with Gasteiger partial charge in [0, 0.05) is 18.6 Å². The molecule has 0 spiro atoms. The van der Waals surface area contributed by atoms with E-state index in [4.69, 9.17) is 18.9 Å². The first-order valence-electron chi connectivity index (χ1n) is 7.77. The maximum Gasteiger partial charge on any atom is 0.269 e. The molecule has 0 bridgehead atoms. The zero-order valence-electron chi connectivity index (χ0n) is 14.3. The summed E-state index contributed by atoms with van der Waals surface area (Å²) < 4.78 is 21.0. The molecular formula is C17H18N2O6S. The molecule has 0 radical (unpaired) electrons. The smallest absolute Gasteiger partial charge is 0.269 e. The van der Waals surface area contributed by atoms with E-state index in [1.165, 1.54) is 25.6 Å². The van der Waals surface area contributed by atoms with Crippen molar-refractivity contribution in [1.82, 2.24) is 0 Å². The van der Waals surface area contributed by atoms with Gasteiger partial charge in [0.2, 0.25) is 5.91 Å². The summed E-state index contributed by atoms with van der Waals surface area (Å²) in [5.41, 5.74) is 0.835. The Kier molecular flexibility index (Phi) is 5.59. The molecule has 1 aromatic carbocycles. The molecule has 138 valence electrons. The van der Waals surface area contributed by atoms with Crippen molar-refractivity contribution in [3.63, 3.8) is 0 Å². The van der Waals surface area contributed by atoms with Crippen LogP contribution in [0.15, 0.2) is 23.6 Å². The fourth-order valence-corrected chi connectivity index (χ4v) is 3.20. The Morgan fingerprint density at radius 3 is 2.73 bits per heavy atom. The molecule has 1 aliphatic rings. The lowest BCUT2D eigenvalue weighted by Crippen LogP contribution is -2.20. The quantitative estimate of drug-likeness (QED) is 0.801. The van der Waals surface area contributed by atoms with Gasteiger partial charge in [0.15, 0.2) is 11.5 Å². The van der Waals surface area contributed by atoms with Gasteiger partial charge in [-0.05, 0) is 12.1 Å². The van der Waals surface area contributed by atoms with Gasteiger partial charge in [-0.1, -0.05) is 0 Å². The summed E-state index contributed by atoms with van der Waals surface area (Å²) in [6, 6.07) is 4.95. The molecule has 8 nitrogen and oxygen atoms in total. The van der Waals surface area contributed by atoms with Gasteiger partial charge in [0.1, 0.15) is 30.4 Å². The molecule has 0 unspecified atom stereocenters. The molecule has 9 heteroatoms. The summed E-state index contributed by atoms with van der Waals surface area (Å²) >= 11 is 1.23. The number of fused-ring (bicyclic) bond motifs is 1. The van der Waals surface area contributed by atoms with Crippen LogP contribution in [0, 0.1) is 0 Å². The fraction of sp³-hybridized carbons (Fsp3) is 0.294. The lowest BCUT2D eigenvalue weighted by molar-refractivity contribution is -0.119. The number of carbonyl (C=O) groups excluding carboxylic acids is 2. The molecule has 0 fully saturated rings. The minimum atomic E-state index is -0.364. The molecule has 2 aromatic rings. The number of carbonyl (C=O) groups is 2. The maximum absolute atomic E-state index is 12.7. The second-order valence-electron chi connectivity index (χ2n) is 5.30. The number of methoxy groups -OCH3 is 2. The van der Waals surface area contributed by atoms with Crippen LogP contribution < -0.4 is 24.8 Å². The van der Waals surface area contributed by atoms with Crippen LogP contribution in [0.3, 0.4) is 0 Å². The number of hydrogen-bond donors (Lipinski definition) is 2. The lowest BCUT2D eigenvalue weighted by Gasteiger charge is -2.17. The van der Waals surface area contributed by atoms with Gasteiger partial charge in [0.05, 0.1) is 18.5 Å². The van der Waals surface area contributed by atoms with E-state index in [9.17, 15) is 9.59 Å². The summed E-state index contributed by atoms with van der Waals surface area (Å²) in [6.45, 7) is 0.751. The van der Waals surface area contributed by atoms with Crippen molar-refractivity contribution in [1.29, 1.82) is 0 Å². The average Bonchev–Trinajstić information content (AvgIpc) is 3.07. The van der Waals surface area contributed by atoms with Gasteiger partial charge in [0.25, 0.3) is 5.91 Å². The highest BCUT2D eigenvalue weighted by atomic mass is 32.1. The molecule has 3 rings (SSSR count). The third-order valence-corrected chi connectivity index (χ3v) is 4.47. The summed E-state index contributed by atoms with van der Waals surface area (Å²) in [4.78, 5) is 24.9. The van der Waals surface area contributed by atoms with Crippen LogP contribution in [0.2, 0.25) is 0 Å². The van der Waals surface area contributed by atoms with E-state index in [2.05, 4.69) is 10.6 Å². The first-order valence-corrected chi connectivity index (χ1v) is 8.65. The summed E-state index contributed by atoms with van der Waals surface area (Å²) in [6.07, 6.45) is 0. The monoisotopic (exact) mass is 378 g/mol. The number of thiophene rings is 1. The van der Waals surface area contributed by atoms with Gasteiger partial charge in [-0.2, -0.15) is 0 Å². The minimum absolute atomic E-state index is 0.0942. The highest BCUT2D eigenvalue weighted by Gasteiger charge is 2.24. The molecule has 0 saturated carbocycles. The van der Waals surface area contributed by atoms with E-state index >= 15 is 0 Å². The average molecular weight is 378 g/mol. The second kappa shape index (κ2) is 8.07. The molecule has 2 N–H and O–H groups in total. The number of amides is 2. The summed E-state index contributed by atoms with van der Waals surface area (Å²) in [5, 5.41) is 7.21. The summed E-state index contributed by atoms with van der Waals surface area (Å²) in [7, 11) is 2.95. The number of nitrogens with one attached hydrogen (secondary N) is 2. The Balaban J connectivity index is 1.84. The van der Waals surface area contributed by atoms with Crippen molar-refractivity contribution in [2.45, 2.75) is 0 Å². The largest absolute Gasteiger partial charge is 0.497 e. The highest BCUT2D eigenvalue weighted by molar-refractivity contribution is 7.13. The molecule has 2 heterocycles. The Morgan fingerprint density at radius 1 is 1.15 bits per heavy atom. The van der Waals surface area contributed by atoms with Crippen LogP contribution in [0.4, 0.5) is 11.4 Å². The van der Waals surface area contributed by atoms with Gasteiger partial charge in [-0.3, -0.25) is 9.59 Å². The Labute approximate surface area is 154 Å². The van der Waals surface area contributed by atoms with E-state index in [0.29, 0.717) is 46.7 Å². The predicted molar refractivity (Wildman–Crippen MR) is 96.8 cm³/mol. The normalized spacial score (nSPS) is 12.4. The maximum atomic E-state index is 12.7. The van der Waals surface area contributed by atoms with Crippen molar-refractivity contribution in [2.24, 2.45) is 0 Å². The van der Waals surface area contributed by atoms with E-state index in [1.807, 2.05) is 0 Å². The summed E-state index contributed by atoms with van der Waals surface area (Å²) in [5.74, 6) is 0.839. The highest BCUT2D eigenvalue weighted by Crippen LogP contribution is 2.40. The first kappa shape index (κ1) is 18.0. The molecule has 0 atom stereocenters. The molecule has 26 heavy (non-hydrogen) atoms. The Hall–Kier alpha value is -2.78. The molecular weight excluding hydrogens is 360 g/mol. The van der Waals surface area contributed by atoms with Crippen molar-refractivity contribution < 1.29 is 28.5 Å². The van der Waals surface area contributed by atoms with Crippen molar-refractivity contribution in [3.05, 3.63) is 28.5 Å². The third kappa shape index (κ3) is 3.89. The van der Waals surface area contributed by atoms with Gasteiger partial charge >= 0.3 is 0 Å². The topological polar surface area (TPSA) is 95.1 Å². The van der Waals surface area contributed by atoms with Crippen molar-refractivity contribution >= 4 is 34.5 Å². The van der Waals surface area contributed by atoms with E-state index in [-0.39, 0.29) is 18.4 Å². The zero-order chi connectivity index (χ0) is 18.5. The molecule has 2 amide bonds. The Morgan fingerprint density at radius 2 is 1.96 bits per heavy atom. The molecule has 0 saturated heterocycles. The van der Waals surface area contributed by atoms with Crippen LogP contribution in [0.25, 0.3) is 0 Å². The van der Waals surface area contributed by atoms with Gasteiger partial charge < -0.3 is 29.6 Å². The van der Waals surface area contributed by atoms with Crippen LogP contribution in [0.1, 0.15) is 9.67 Å². The van der Waals surface area contributed by atoms with Crippen molar-refractivity contribution in [2.75, 3.05) is 44.7 Å². The molecule has 1 aromatic heterocycles. The number of rotatable bonds is 6. The number of benzene rings is 1.